The average Bonchev–Trinajstić information content (AvgIpc) is 3.97. The van der Waals surface area contributed by atoms with Gasteiger partial charge in [-0.15, -0.1) is 0 Å². The quantitative estimate of drug-likeness (QED) is 0.0836. The lowest BCUT2D eigenvalue weighted by Gasteiger charge is -2.43. The van der Waals surface area contributed by atoms with Crippen LogP contribution in [0.2, 0.25) is 16.6 Å². The monoisotopic (exact) mass is 688 g/mol. The molecule has 0 aromatic carbocycles. The molecule has 48 heavy (non-hydrogen) atoms. The number of hydrogen-bond donors (Lipinski definition) is 2. The molecule has 274 valence electrons. The highest BCUT2D eigenvalue weighted by Gasteiger charge is 2.45. The van der Waals surface area contributed by atoms with Crippen molar-refractivity contribution in [3.8, 4) is 0 Å². The van der Waals surface area contributed by atoms with E-state index in [1.807, 2.05) is 23.1 Å². The molecule has 2 heterocycles. The summed E-state index contributed by atoms with van der Waals surface area (Å²) < 4.78 is 6.66. The number of carbonyl (C=O) groups excluding carboxylic acids is 3. The summed E-state index contributed by atoms with van der Waals surface area (Å²) in [5.41, 5.74) is 1.62. The number of carbonyl (C=O) groups is 3. The summed E-state index contributed by atoms with van der Waals surface area (Å²) in [5, 5.41) is 18.9. The minimum absolute atomic E-state index is 0.000311. The standard InChI is InChI=1S/C24H43NO3Si.C15H25NO3/c1-18(2)29(19(3)4,20(5)6)28-17-16-25-22(8-7-9-24(25)27)13-15-23(26)14-12-21-10-11-21;17-11-10-16-13(2-1-3-15(16)19)7-9-14(18)8-6-12-4-5-12/h13,15,18-22H,7-12,14,16-17H2,1-6H3;7,9,12-14,17-18H,1-6,8,10-11H2/b15-13+;9-7+/t22-;13-,14?/m11/s1. The van der Waals surface area contributed by atoms with Gasteiger partial charge in [0.05, 0.1) is 31.4 Å². The molecule has 0 radical (unpaired) electrons. The molecule has 2 amide bonds. The van der Waals surface area contributed by atoms with E-state index in [0.717, 1.165) is 56.8 Å². The first-order chi connectivity index (χ1) is 22.9. The number of rotatable bonds is 19. The van der Waals surface area contributed by atoms with Crippen molar-refractivity contribution in [2.45, 2.75) is 166 Å². The van der Waals surface area contributed by atoms with Gasteiger partial charge in [0.2, 0.25) is 11.8 Å². The third kappa shape index (κ3) is 12.8. The van der Waals surface area contributed by atoms with Crippen LogP contribution in [0.4, 0.5) is 0 Å². The summed E-state index contributed by atoms with van der Waals surface area (Å²) in [6, 6.07) is 0.0851. The number of nitrogens with zero attached hydrogens (tertiary/aromatic N) is 2. The molecule has 2 aliphatic carbocycles. The molecule has 2 saturated heterocycles. The first-order valence-corrected chi connectivity index (χ1v) is 21.4. The fourth-order valence-corrected chi connectivity index (χ4v) is 13.5. The maximum absolute atomic E-state index is 12.6. The molecule has 4 aliphatic rings. The topological polar surface area (TPSA) is 107 Å². The Balaban J connectivity index is 0.000000284. The Kier molecular flexibility index (Phi) is 17.0. The number of ketones is 1. The van der Waals surface area contributed by atoms with Gasteiger partial charge in [-0.05, 0) is 79.5 Å². The molecule has 0 spiro atoms. The van der Waals surface area contributed by atoms with Crippen molar-refractivity contribution in [1.82, 2.24) is 9.80 Å². The van der Waals surface area contributed by atoms with E-state index < -0.39 is 14.4 Å². The number of hydrogen-bond acceptors (Lipinski definition) is 6. The molecular formula is C39H68N2O6Si. The maximum atomic E-state index is 12.6. The number of likely N-dealkylation sites (tertiary alicyclic amines) is 2. The largest absolute Gasteiger partial charge is 0.414 e. The highest BCUT2D eigenvalue weighted by molar-refractivity contribution is 6.77. The number of amides is 2. The van der Waals surface area contributed by atoms with Crippen LogP contribution >= 0.6 is 0 Å². The first-order valence-electron chi connectivity index (χ1n) is 19.3. The van der Waals surface area contributed by atoms with Crippen molar-refractivity contribution in [3.05, 3.63) is 24.3 Å². The Labute approximate surface area is 292 Å². The van der Waals surface area contributed by atoms with Gasteiger partial charge in [-0.1, -0.05) is 85.5 Å². The molecule has 1 unspecified atom stereocenters. The van der Waals surface area contributed by atoms with Crippen molar-refractivity contribution < 1.29 is 29.0 Å². The zero-order chi connectivity index (χ0) is 35.3. The number of allylic oxidation sites excluding steroid dienone is 1. The van der Waals surface area contributed by atoms with Gasteiger partial charge in [0.25, 0.3) is 0 Å². The van der Waals surface area contributed by atoms with Crippen LogP contribution in [0.25, 0.3) is 0 Å². The predicted molar refractivity (Wildman–Crippen MR) is 196 cm³/mol. The van der Waals surface area contributed by atoms with Gasteiger partial charge in [-0.2, -0.15) is 0 Å². The molecule has 0 aromatic rings. The van der Waals surface area contributed by atoms with Crippen LogP contribution in [0.5, 0.6) is 0 Å². The van der Waals surface area contributed by atoms with Crippen molar-refractivity contribution in [1.29, 1.82) is 0 Å². The molecule has 9 heteroatoms. The van der Waals surface area contributed by atoms with E-state index in [4.69, 9.17) is 9.53 Å². The van der Waals surface area contributed by atoms with Crippen LogP contribution in [0.15, 0.2) is 24.3 Å². The average molecular weight is 689 g/mol. The molecule has 4 fully saturated rings. The van der Waals surface area contributed by atoms with Gasteiger partial charge >= 0.3 is 0 Å². The third-order valence-corrected chi connectivity index (χ3v) is 17.2. The molecule has 0 aromatic heterocycles. The minimum atomic E-state index is -1.92. The van der Waals surface area contributed by atoms with Crippen LogP contribution in [0.3, 0.4) is 0 Å². The smallest absolute Gasteiger partial charge is 0.223 e. The van der Waals surface area contributed by atoms with Gasteiger partial charge < -0.3 is 24.4 Å². The van der Waals surface area contributed by atoms with Crippen LogP contribution in [-0.4, -0.2) is 90.4 Å². The third-order valence-electron chi connectivity index (χ3n) is 11.1. The van der Waals surface area contributed by atoms with Crippen molar-refractivity contribution in [2.75, 3.05) is 26.3 Å². The second-order valence-corrected chi connectivity index (χ2v) is 21.2. The van der Waals surface area contributed by atoms with E-state index in [-0.39, 0.29) is 36.3 Å². The molecular weight excluding hydrogens is 621 g/mol. The van der Waals surface area contributed by atoms with E-state index in [0.29, 0.717) is 55.6 Å². The summed E-state index contributed by atoms with van der Waals surface area (Å²) in [5.74, 6) is 2.14. The summed E-state index contributed by atoms with van der Waals surface area (Å²) in [6.45, 7) is 15.4. The zero-order valence-corrected chi connectivity index (χ0v) is 32.1. The normalized spacial score (nSPS) is 23.1. The summed E-state index contributed by atoms with van der Waals surface area (Å²) >= 11 is 0. The van der Waals surface area contributed by atoms with E-state index in [9.17, 15) is 19.5 Å². The van der Waals surface area contributed by atoms with Gasteiger partial charge in [-0.25, -0.2) is 0 Å². The second-order valence-electron chi connectivity index (χ2n) is 15.8. The molecule has 4 rings (SSSR count). The lowest BCUT2D eigenvalue weighted by Crippen LogP contribution is -2.50. The van der Waals surface area contributed by atoms with Crippen LogP contribution < -0.4 is 0 Å². The lowest BCUT2D eigenvalue weighted by atomic mass is 10.00. The number of piperidine rings is 2. The summed E-state index contributed by atoms with van der Waals surface area (Å²) in [4.78, 5) is 40.2. The summed E-state index contributed by atoms with van der Waals surface area (Å²) in [7, 11) is -1.92. The Morgan fingerprint density at radius 2 is 1.33 bits per heavy atom. The Morgan fingerprint density at radius 1 is 0.812 bits per heavy atom. The highest BCUT2D eigenvalue weighted by Crippen LogP contribution is 2.42. The Bertz CT molecular complexity index is 1040. The molecule has 2 N–H and O–H groups in total. The van der Waals surface area contributed by atoms with Gasteiger partial charge in [-0.3, -0.25) is 14.4 Å². The van der Waals surface area contributed by atoms with Crippen LogP contribution in [0.1, 0.15) is 131 Å². The van der Waals surface area contributed by atoms with Crippen molar-refractivity contribution in [2.24, 2.45) is 11.8 Å². The van der Waals surface area contributed by atoms with E-state index >= 15 is 0 Å². The lowest BCUT2D eigenvalue weighted by molar-refractivity contribution is -0.136. The zero-order valence-electron chi connectivity index (χ0n) is 31.1. The van der Waals surface area contributed by atoms with Crippen LogP contribution in [-0.2, 0) is 18.8 Å². The fourth-order valence-electron chi connectivity index (χ4n) is 8.02. The minimum Gasteiger partial charge on any atom is -0.414 e. The fraction of sp³-hybridized carbons (Fsp3) is 0.821. The van der Waals surface area contributed by atoms with Gasteiger partial charge in [0.15, 0.2) is 14.1 Å². The molecule has 3 atom stereocenters. The van der Waals surface area contributed by atoms with Crippen molar-refractivity contribution in [3.63, 3.8) is 0 Å². The Morgan fingerprint density at radius 3 is 1.85 bits per heavy atom. The maximum Gasteiger partial charge on any atom is 0.223 e. The molecule has 2 saturated carbocycles. The van der Waals surface area contributed by atoms with Crippen molar-refractivity contribution >= 4 is 25.9 Å². The predicted octanol–water partition coefficient (Wildman–Crippen LogP) is 7.34. The number of aliphatic hydroxyl groups excluding tert-OH is 2. The number of aliphatic hydroxyl groups is 2. The van der Waals surface area contributed by atoms with Crippen LogP contribution in [0, 0.1) is 11.8 Å². The van der Waals surface area contributed by atoms with Gasteiger partial charge in [0.1, 0.15) is 0 Å². The summed E-state index contributed by atoms with van der Waals surface area (Å²) in [6.07, 6.45) is 20.8. The molecule has 8 nitrogen and oxygen atoms in total. The Hall–Kier alpha value is -1.81. The van der Waals surface area contributed by atoms with E-state index in [2.05, 4.69) is 41.5 Å². The SMILES string of the molecule is CC(C)[Si](OCCN1C(=O)CCC[C@@H]1/C=C/C(=O)CCC1CC1)(C(C)C)C(C)C.O=C1CCC[C@H](/C=C/C(O)CCC2CC2)N1CCO. The number of β-amino-alcohol motifs (C(OH)–C–C–N with tert-alkyl or cyclic N) is 1. The first kappa shape index (κ1) is 40.6. The molecule has 2 aliphatic heterocycles. The van der Waals surface area contributed by atoms with E-state index in [1.165, 1.54) is 25.7 Å². The molecule has 0 bridgehead atoms. The second kappa shape index (κ2) is 20.1. The van der Waals surface area contributed by atoms with Gasteiger partial charge in [0, 0.05) is 32.4 Å². The highest BCUT2D eigenvalue weighted by atomic mass is 28.4. The van der Waals surface area contributed by atoms with E-state index in [1.54, 1.807) is 11.0 Å².